The van der Waals surface area contributed by atoms with Crippen molar-refractivity contribution in [2.24, 2.45) is 0 Å². The summed E-state index contributed by atoms with van der Waals surface area (Å²) in [6, 6.07) is 14.9. The lowest BCUT2D eigenvalue weighted by molar-refractivity contribution is 0.0864. The van der Waals surface area contributed by atoms with Crippen LogP contribution in [0.3, 0.4) is 0 Å². The van der Waals surface area contributed by atoms with Crippen molar-refractivity contribution >= 4 is 21.6 Å². The van der Waals surface area contributed by atoms with Gasteiger partial charge in [-0.15, -0.1) is 0 Å². The van der Waals surface area contributed by atoms with E-state index in [1.165, 1.54) is 23.5 Å². The van der Waals surface area contributed by atoms with Crippen molar-refractivity contribution in [3.63, 3.8) is 0 Å². The molecule has 0 saturated heterocycles. The van der Waals surface area contributed by atoms with Gasteiger partial charge in [0.2, 0.25) is 0 Å². The van der Waals surface area contributed by atoms with Gasteiger partial charge in [-0.3, -0.25) is 9.10 Å². The summed E-state index contributed by atoms with van der Waals surface area (Å²) < 4.78 is 27.4. The van der Waals surface area contributed by atoms with Gasteiger partial charge in [0.1, 0.15) is 4.90 Å². The number of nitrogens with one attached hydrogen (secondary N) is 1. The molecule has 0 bridgehead atoms. The van der Waals surface area contributed by atoms with Crippen LogP contribution in [0.25, 0.3) is 0 Å². The number of aliphatic hydroxyl groups excluding tert-OH is 1. The molecule has 2 aromatic rings. The largest absolute Gasteiger partial charge is 0.393 e. The average Bonchev–Trinajstić information content (AvgIpc) is 2.69. The van der Waals surface area contributed by atoms with E-state index in [4.69, 9.17) is 0 Å². The zero-order chi connectivity index (χ0) is 19.4. The maximum atomic E-state index is 13.1. The molecule has 0 spiro atoms. The van der Waals surface area contributed by atoms with Crippen LogP contribution in [0.2, 0.25) is 0 Å². The van der Waals surface area contributed by atoms with Crippen LogP contribution < -0.4 is 9.62 Å². The highest BCUT2D eigenvalue weighted by molar-refractivity contribution is 7.92. The predicted octanol–water partition coefficient (Wildman–Crippen LogP) is 2.55. The summed E-state index contributed by atoms with van der Waals surface area (Å²) >= 11 is 0. The first-order chi connectivity index (χ1) is 12.9. The van der Waals surface area contributed by atoms with Crippen molar-refractivity contribution in [2.45, 2.75) is 42.7 Å². The lowest BCUT2D eigenvalue weighted by atomic mass is 9.93. The van der Waals surface area contributed by atoms with E-state index in [2.05, 4.69) is 5.32 Å². The molecule has 27 heavy (non-hydrogen) atoms. The van der Waals surface area contributed by atoms with E-state index in [1.54, 1.807) is 36.4 Å². The van der Waals surface area contributed by atoms with Gasteiger partial charge in [0, 0.05) is 13.1 Å². The number of sulfonamides is 1. The van der Waals surface area contributed by atoms with Crippen molar-refractivity contribution in [1.82, 2.24) is 5.32 Å². The lowest BCUT2D eigenvalue weighted by Crippen LogP contribution is -2.39. The first kappa shape index (κ1) is 19.4. The van der Waals surface area contributed by atoms with Gasteiger partial charge in [-0.2, -0.15) is 0 Å². The van der Waals surface area contributed by atoms with Crippen LogP contribution in [-0.2, 0) is 10.0 Å². The molecule has 7 heteroatoms. The fourth-order valence-electron chi connectivity index (χ4n) is 3.29. The number of nitrogens with zero attached hydrogens (tertiary/aromatic N) is 1. The van der Waals surface area contributed by atoms with E-state index in [-0.39, 0.29) is 22.6 Å². The van der Waals surface area contributed by atoms with E-state index in [1.807, 2.05) is 6.07 Å². The van der Waals surface area contributed by atoms with Crippen molar-refractivity contribution < 1.29 is 18.3 Å². The Morgan fingerprint density at radius 2 is 1.59 bits per heavy atom. The van der Waals surface area contributed by atoms with E-state index in [9.17, 15) is 18.3 Å². The van der Waals surface area contributed by atoms with Gasteiger partial charge in [0.05, 0.1) is 17.4 Å². The predicted molar refractivity (Wildman–Crippen MR) is 104 cm³/mol. The fourth-order valence-corrected chi connectivity index (χ4v) is 4.67. The third kappa shape index (κ3) is 4.31. The number of benzene rings is 2. The van der Waals surface area contributed by atoms with Gasteiger partial charge < -0.3 is 10.4 Å². The van der Waals surface area contributed by atoms with Gasteiger partial charge in [-0.25, -0.2) is 8.42 Å². The number of para-hydroxylation sites is 1. The third-order valence-electron chi connectivity index (χ3n) is 4.92. The van der Waals surface area contributed by atoms with Crippen LogP contribution in [0, 0.1) is 0 Å². The second-order valence-electron chi connectivity index (χ2n) is 6.78. The van der Waals surface area contributed by atoms with Gasteiger partial charge in [-0.1, -0.05) is 30.3 Å². The molecule has 6 nitrogen and oxygen atoms in total. The Kier molecular flexibility index (Phi) is 5.82. The highest BCUT2D eigenvalue weighted by Gasteiger charge is 2.28. The maximum Gasteiger partial charge on any atom is 0.264 e. The number of anilines is 1. The number of amides is 1. The summed E-state index contributed by atoms with van der Waals surface area (Å²) in [7, 11) is -2.41. The first-order valence-corrected chi connectivity index (χ1v) is 10.5. The minimum absolute atomic E-state index is 0.0234. The highest BCUT2D eigenvalue weighted by Crippen LogP contribution is 2.25. The van der Waals surface area contributed by atoms with Crippen LogP contribution in [0.15, 0.2) is 59.5 Å². The molecule has 1 amide bonds. The number of carbonyl (C=O) groups excluding carboxylic acids is 1. The summed E-state index contributed by atoms with van der Waals surface area (Å²) in [5.74, 6) is -0.406. The summed E-state index contributed by atoms with van der Waals surface area (Å²) in [4.78, 5) is 12.7. The van der Waals surface area contributed by atoms with Crippen LogP contribution in [0.1, 0.15) is 36.0 Å². The summed E-state index contributed by atoms with van der Waals surface area (Å²) in [5, 5.41) is 12.5. The van der Waals surface area contributed by atoms with E-state index < -0.39 is 15.9 Å². The Hall–Kier alpha value is -2.38. The van der Waals surface area contributed by atoms with E-state index in [0.29, 0.717) is 31.4 Å². The van der Waals surface area contributed by atoms with Crippen molar-refractivity contribution in [2.75, 3.05) is 11.4 Å². The first-order valence-electron chi connectivity index (χ1n) is 9.01. The SMILES string of the molecule is CN(c1ccccc1)S(=O)(=O)c1ccccc1C(=O)NC1CCC(O)CC1. The molecule has 0 heterocycles. The smallest absolute Gasteiger partial charge is 0.264 e. The Labute approximate surface area is 159 Å². The van der Waals surface area contributed by atoms with E-state index >= 15 is 0 Å². The molecule has 1 aliphatic rings. The molecule has 1 saturated carbocycles. The number of hydrogen-bond donors (Lipinski definition) is 2. The molecule has 3 rings (SSSR count). The van der Waals surface area contributed by atoms with Gasteiger partial charge >= 0.3 is 0 Å². The van der Waals surface area contributed by atoms with Crippen LogP contribution in [0.5, 0.6) is 0 Å². The standard InChI is InChI=1S/C20H24N2O4S/c1-22(16-7-3-2-4-8-16)27(25,26)19-10-6-5-9-18(19)20(24)21-15-11-13-17(23)14-12-15/h2-10,15,17,23H,11-14H2,1H3,(H,21,24). The van der Waals surface area contributed by atoms with Gasteiger partial charge in [-0.05, 0) is 49.9 Å². The summed E-state index contributed by atoms with van der Waals surface area (Å²) in [6.07, 6.45) is 2.34. The van der Waals surface area contributed by atoms with E-state index in [0.717, 1.165) is 0 Å². The number of hydrogen-bond acceptors (Lipinski definition) is 4. The van der Waals surface area contributed by atoms with Gasteiger partial charge in [0.25, 0.3) is 15.9 Å². The third-order valence-corrected chi connectivity index (χ3v) is 6.77. The van der Waals surface area contributed by atoms with Crippen LogP contribution in [-0.4, -0.2) is 38.6 Å². The Bertz CT molecular complexity index is 891. The van der Waals surface area contributed by atoms with Crippen molar-refractivity contribution in [3.8, 4) is 0 Å². The normalized spacial score (nSPS) is 20.1. The number of rotatable bonds is 5. The maximum absolute atomic E-state index is 13.1. The quantitative estimate of drug-likeness (QED) is 0.824. The summed E-state index contributed by atoms with van der Waals surface area (Å²) in [6.45, 7) is 0. The molecular weight excluding hydrogens is 364 g/mol. The van der Waals surface area contributed by atoms with Crippen molar-refractivity contribution in [1.29, 1.82) is 0 Å². The molecule has 1 fully saturated rings. The summed E-state index contributed by atoms with van der Waals surface area (Å²) in [5.41, 5.74) is 0.653. The second kappa shape index (κ2) is 8.10. The van der Waals surface area contributed by atoms with Crippen LogP contribution in [0.4, 0.5) is 5.69 Å². The molecule has 144 valence electrons. The number of aliphatic hydroxyl groups is 1. The molecule has 0 atom stereocenters. The molecular formula is C20H24N2O4S. The lowest BCUT2D eigenvalue weighted by Gasteiger charge is -2.27. The zero-order valence-electron chi connectivity index (χ0n) is 15.2. The van der Waals surface area contributed by atoms with Crippen LogP contribution >= 0.6 is 0 Å². The van der Waals surface area contributed by atoms with Gasteiger partial charge in [0.15, 0.2) is 0 Å². The molecule has 0 radical (unpaired) electrons. The molecule has 0 aromatic heterocycles. The second-order valence-corrected chi connectivity index (χ2v) is 8.72. The fraction of sp³-hybridized carbons (Fsp3) is 0.350. The highest BCUT2D eigenvalue weighted by atomic mass is 32.2. The van der Waals surface area contributed by atoms with Crippen molar-refractivity contribution in [3.05, 3.63) is 60.2 Å². The Morgan fingerprint density at radius 1 is 1.00 bits per heavy atom. The molecule has 0 unspecified atom stereocenters. The Balaban J connectivity index is 1.86. The molecule has 0 aliphatic heterocycles. The molecule has 1 aliphatic carbocycles. The molecule has 2 aromatic carbocycles. The topological polar surface area (TPSA) is 86.7 Å². The number of carbonyl (C=O) groups is 1. The minimum Gasteiger partial charge on any atom is -0.393 e. The zero-order valence-corrected chi connectivity index (χ0v) is 16.0. The monoisotopic (exact) mass is 388 g/mol. The minimum atomic E-state index is -3.88. The molecule has 2 N–H and O–H groups in total. The average molecular weight is 388 g/mol. The Morgan fingerprint density at radius 3 is 2.26 bits per heavy atom.